The molecule has 2 N–H and O–H groups in total. The minimum absolute atomic E-state index is 0.0446. The summed E-state index contributed by atoms with van der Waals surface area (Å²) in [7, 11) is -2.28. The highest BCUT2D eigenvalue weighted by Crippen LogP contribution is 2.52. The van der Waals surface area contributed by atoms with Crippen LogP contribution in [0.4, 0.5) is 13.2 Å². The fourth-order valence-electron chi connectivity index (χ4n) is 3.70. The molecule has 1 atom stereocenters. The Hall–Kier alpha value is -3.51. The van der Waals surface area contributed by atoms with Gasteiger partial charge in [0.05, 0.1) is 39.5 Å². The molecule has 6 nitrogen and oxygen atoms in total. The van der Waals surface area contributed by atoms with Crippen molar-refractivity contribution < 1.29 is 26.8 Å². The van der Waals surface area contributed by atoms with Gasteiger partial charge in [0, 0.05) is 24.1 Å². The number of fused-ring (bicyclic) bond motifs is 2. The monoisotopic (exact) mass is 417 g/mol. The summed E-state index contributed by atoms with van der Waals surface area (Å²) in [4.78, 5) is 9.47. The number of methoxy groups -OCH3 is 2. The first-order valence-corrected chi connectivity index (χ1v) is 8.73. The number of nitrogens with zero attached hydrogens (tertiary/aromatic N) is 2. The summed E-state index contributed by atoms with van der Waals surface area (Å²) in [6, 6.07) is 8.74. The van der Waals surface area contributed by atoms with Crippen LogP contribution in [-0.2, 0) is 10.3 Å². The van der Waals surface area contributed by atoms with E-state index in [0.29, 0.717) is 11.1 Å². The Kier molecular flexibility index (Phi) is 3.68. The molecule has 2 heterocycles. The average Bonchev–Trinajstić information content (AvgIpc) is 3.37. The molecule has 0 bridgehead atoms. The molecule has 2 aromatic carbocycles. The number of aromatic nitrogens is 3. The van der Waals surface area contributed by atoms with E-state index < -0.39 is 30.2 Å². The molecule has 0 aliphatic heterocycles. The molecular formula is C21H17F3N4O2. The van der Waals surface area contributed by atoms with E-state index in [1.807, 2.05) is 6.07 Å². The molecule has 0 aliphatic rings. The number of imidazole rings is 1. The molecule has 2 aromatic heterocycles. The summed E-state index contributed by atoms with van der Waals surface area (Å²) in [6.45, 7) is 1.68. The number of nitriles is 1. The predicted molar refractivity (Wildman–Crippen MR) is 104 cm³/mol. The highest BCUT2D eigenvalue weighted by molar-refractivity contribution is 5.90. The Morgan fingerprint density at radius 2 is 2.03 bits per heavy atom. The number of rotatable bonds is 4. The van der Waals surface area contributed by atoms with Crippen molar-refractivity contribution in [2.75, 3.05) is 14.1 Å². The maximum absolute atomic E-state index is 15.0. The predicted octanol–water partition coefficient (Wildman–Crippen LogP) is 4.69. The number of aryl methyl sites for hydroxylation is 1. The van der Waals surface area contributed by atoms with E-state index in [1.54, 1.807) is 6.92 Å². The quantitative estimate of drug-likeness (QED) is 0.505. The van der Waals surface area contributed by atoms with E-state index in [-0.39, 0.29) is 27.7 Å². The van der Waals surface area contributed by atoms with E-state index in [0.717, 1.165) is 0 Å². The van der Waals surface area contributed by atoms with Crippen LogP contribution in [0, 0.1) is 18.3 Å². The van der Waals surface area contributed by atoms with Crippen molar-refractivity contribution >= 4 is 21.9 Å². The summed E-state index contributed by atoms with van der Waals surface area (Å²) >= 11 is 0. The van der Waals surface area contributed by atoms with Crippen LogP contribution in [0.3, 0.4) is 0 Å². The van der Waals surface area contributed by atoms with Gasteiger partial charge in [0.2, 0.25) is 0 Å². The second-order valence-electron chi connectivity index (χ2n) is 6.75. The Bertz CT molecular complexity index is 1400. The number of nitrogens with one attached hydrogen (secondary N) is 2. The second kappa shape index (κ2) is 6.78. The number of ether oxygens (including phenoxy) is 2. The number of halogens is 3. The van der Waals surface area contributed by atoms with Gasteiger partial charge in [-0.2, -0.15) is 18.4 Å². The van der Waals surface area contributed by atoms with Crippen LogP contribution >= 0.6 is 0 Å². The summed E-state index contributed by atoms with van der Waals surface area (Å²) < 4.78 is 78.1. The second-order valence-corrected chi connectivity index (χ2v) is 6.75. The molecule has 0 fully saturated rings. The van der Waals surface area contributed by atoms with Crippen LogP contribution < -0.4 is 4.74 Å². The standard InChI is InChI=1S/C21H17F3N4O2/c1-11-8-16(29-2)17(13-6-7-26-18(11)13)20(30-3,21(22,23)24)19-27-14-5-4-12(10-25)9-15(14)28-19/h4-9,26H,1-3H3,(H,27,28)/i3D3. The van der Waals surface area contributed by atoms with Crippen LogP contribution in [0.25, 0.3) is 21.9 Å². The minimum atomic E-state index is -5.29. The number of aromatic amines is 2. The smallest absolute Gasteiger partial charge is 0.429 e. The molecule has 0 spiro atoms. The van der Waals surface area contributed by atoms with Crippen molar-refractivity contribution in [2.24, 2.45) is 0 Å². The third-order valence-electron chi connectivity index (χ3n) is 5.07. The maximum atomic E-state index is 15.0. The van der Waals surface area contributed by atoms with Gasteiger partial charge in [-0.15, -0.1) is 0 Å². The first-order chi connectivity index (χ1) is 15.4. The van der Waals surface area contributed by atoms with Crippen LogP contribution in [0.2, 0.25) is 0 Å². The Labute approximate surface area is 173 Å². The van der Waals surface area contributed by atoms with Crippen molar-refractivity contribution in [2.45, 2.75) is 18.7 Å². The van der Waals surface area contributed by atoms with E-state index >= 15 is 13.2 Å². The molecule has 4 aromatic rings. The van der Waals surface area contributed by atoms with Crippen molar-refractivity contribution in [3.8, 4) is 11.8 Å². The molecule has 0 radical (unpaired) electrons. The van der Waals surface area contributed by atoms with Gasteiger partial charge < -0.3 is 19.4 Å². The Balaban J connectivity index is 2.18. The number of H-pyrrole nitrogens is 2. The largest absolute Gasteiger partial charge is 0.496 e. The van der Waals surface area contributed by atoms with Crippen molar-refractivity contribution in [3.63, 3.8) is 0 Å². The molecule has 0 amide bonds. The van der Waals surface area contributed by atoms with Gasteiger partial charge in [-0.05, 0) is 42.8 Å². The third kappa shape index (κ3) is 2.64. The van der Waals surface area contributed by atoms with E-state index in [1.165, 1.54) is 43.6 Å². The average molecular weight is 417 g/mol. The molecule has 154 valence electrons. The molecule has 0 aliphatic carbocycles. The number of hydrogen-bond acceptors (Lipinski definition) is 4. The first kappa shape index (κ1) is 16.3. The SMILES string of the molecule is [2H]C([2H])([2H])OC(c1nc2cc(C#N)ccc2[nH]1)(c1c(OC)cc(C)c2[nH]ccc12)C(F)(F)F. The lowest BCUT2D eigenvalue weighted by molar-refractivity contribution is -0.260. The number of hydrogen-bond donors (Lipinski definition) is 2. The van der Waals surface area contributed by atoms with Gasteiger partial charge in [-0.1, -0.05) is 0 Å². The van der Waals surface area contributed by atoms with E-state index in [9.17, 15) is 0 Å². The lowest BCUT2D eigenvalue weighted by atomic mass is 9.87. The van der Waals surface area contributed by atoms with Gasteiger partial charge in [-0.25, -0.2) is 4.98 Å². The highest BCUT2D eigenvalue weighted by Gasteiger charge is 2.62. The first-order valence-electron chi connectivity index (χ1n) is 10.2. The fourth-order valence-corrected chi connectivity index (χ4v) is 3.70. The third-order valence-corrected chi connectivity index (χ3v) is 5.07. The molecule has 30 heavy (non-hydrogen) atoms. The van der Waals surface area contributed by atoms with Gasteiger partial charge >= 0.3 is 6.18 Å². The van der Waals surface area contributed by atoms with Crippen LogP contribution in [-0.4, -0.2) is 35.3 Å². The van der Waals surface area contributed by atoms with Crippen molar-refractivity contribution in [1.82, 2.24) is 15.0 Å². The summed E-state index contributed by atoms with van der Waals surface area (Å²) in [5.74, 6) is -1.03. The molecule has 9 heteroatoms. The van der Waals surface area contributed by atoms with Gasteiger partial charge in [0.25, 0.3) is 5.60 Å². The zero-order valence-corrected chi connectivity index (χ0v) is 15.8. The number of alkyl halides is 3. The number of benzene rings is 2. The van der Waals surface area contributed by atoms with E-state index in [4.69, 9.17) is 18.8 Å². The van der Waals surface area contributed by atoms with Gasteiger partial charge in [-0.3, -0.25) is 0 Å². The van der Waals surface area contributed by atoms with Crippen LogP contribution in [0.15, 0.2) is 36.5 Å². The molecule has 1 unspecified atom stereocenters. The minimum Gasteiger partial charge on any atom is -0.496 e. The normalized spacial score (nSPS) is 15.9. The fraction of sp³-hybridized carbons (Fsp3) is 0.238. The van der Waals surface area contributed by atoms with Crippen LogP contribution in [0.1, 0.15) is 26.6 Å². The topological polar surface area (TPSA) is 86.7 Å². The Morgan fingerprint density at radius 1 is 1.23 bits per heavy atom. The van der Waals surface area contributed by atoms with Crippen molar-refractivity contribution in [3.05, 3.63) is 59.0 Å². The lowest BCUT2D eigenvalue weighted by Gasteiger charge is -2.34. The van der Waals surface area contributed by atoms with Gasteiger partial charge in [0.1, 0.15) is 5.75 Å². The molecular weight excluding hydrogens is 397 g/mol. The highest BCUT2D eigenvalue weighted by atomic mass is 19.4. The summed E-state index contributed by atoms with van der Waals surface area (Å²) in [6.07, 6.45) is -3.85. The summed E-state index contributed by atoms with van der Waals surface area (Å²) in [5.41, 5.74) is -2.78. The maximum Gasteiger partial charge on any atom is 0.429 e. The van der Waals surface area contributed by atoms with Crippen molar-refractivity contribution in [1.29, 1.82) is 5.26 Å². The Morgan fingerprint density at radius 3 is 2.70 bits per heavy atom. The van der Waals surface area contributed by atoms with E-state index in [2.05, 4.69) is 15.0 Å². The molecule has 4 rings (SSSR count). The van der Waals surface area contributed by atoms with Gasteiger partial charge in [0.15, 0.2) is 5.82 Å². The zero-order chi connectivity index (χ0) is 24.2. The lowest BCUT2D eigenvalue weighted by Crippen LogP contribution is -2.46. The van der Waals surface area contributed by atoms with Crippen LogP contribution in [0.5, 0.6) is 5.75 Å². The molecule has 0 saturated carbocycles. The summed E-state index contributed by atoms with van der Waals surface area (Å²) in [5, 5.41) is 9.19. The molecule has 0 saturated heterocycles. The zero-order valence-electron chi connectivity index (χ0n) is 18.8.